The van der Waals surface area contributed by atoms with Crippen molar-refractivity contribution in [2.45, 2.75) is 110 Å². The monoisotopic (exact) mass is 881 g/mol. The van der Waals surface area contributed by atoms with Crippen LogP contribution in [0.2, 0.25) is 5.02 Å². The van der Waals surface area contributed by atoms with Gasteiger partial charge in [-0.15, -0.1) is 0 Å². The summed E-state index contributed by atoms with van der Waals surface area (Å²) < 4.78 is 6.48. The van der Waals surface area contributed by atoms with Crippen molar-refractivity contribution in [3.05, 3.63) is 87.2 Å². The minimum atomic E-state index is -0.969. The fourth-order valence-electron chi connectivity index (χ4n) is 12.5. The summed E-state index contributed by atoms with van der Waals surface area (Å²) in [6, 6.07) is 15.9. The zero-order valence-electron chi connectivity index (χ0n) is 36.7. The predicted octanol–water partition coefficient (Wildman–Crippen LogP) is 6.36. The summed E-state index contributed by atoms with van der Waals surface area (Å²) in [5, 5.41) is 11.9. The van der Waals surface area contributed by atoms with E-state index in [1.54, 1.807) is 30.3 Å². The second kappa shape index (κ2) is 15.5. The van der Waals surface area contributed by atoms with E-state index in [1.807, 2.05) is 23.1 Å². The van der Waals surface area contributed by atoms with Crippen molar-refractivity contribution in [3.63, 3.8) is 0 Å². The zero-order valence-corrected chi connectivity index (χ0v) is 37.5. The minimum absolute atomic E-state index is 0.0122. The molecule has 0 bridgehead atoms. The molecule has 5 fully saturated rings. The highest BCUT2D eigenvalue weighted by atomic mass is 35.5. The lowest BCUT2D eigenvalue weighted by molar-refractivity contribution is -0.199. The molecule has 3 saturated heterocycles. The smallest absolute Gasteiger partial charge is 0.262 e. The van der Waals surface area contributed by atoms with Crippen molar-refractivity contribution in [2.75, 3.05) is 31.1 Å². The Kier molecular flexibility index (Phi) is 10.2. The zero-order chi connectivity index (χ0) is 44.9. The Bertz CT molecular complexity index is 2600. The summed E-state index contributed by atoms with van der Waals surface area (Å²) in [6.45, 7) is 12.9. The molecule has 1 unspecified atom stereocenters. The van der Waals surface area contributed by atoms with E-state index in [0.717, 1.165) is 81.0 Å². The number of halogens is 1. The number of nitrogens with one attached hydrogen (secondary N) is 1. The van der Waals surface area contributed by atoms with Crippen LogP contribution in [0.15, 0.2) is 48.5 Å². The Morgan fingerprint density at radius 3 is 2.22 bits per heavy atom. The third-order valence-corrected chi connectivity index (χ3v) is 15.8. The number of carbonyl (C=O) groups excluding carboxylic acids is 5. The largest absolute Gasteiger partial charge is 0.489 e. The summed E-state index contributed by atoms with van der Waals surface area (Å²) in [5.74, 6) is 5.85. The maximum absolute atomic E-state index is 13.8. The number of imide groups is 2. The molecule has 2 saturated carbocycles. The number of amides is 5. The first-order chi connectivity index (χ1) is 30.6. The number of nitriles is 1. The van der Waals surface area contributed by atoms with Gasteiger partial charge in [0.1, 0.15) is 29.7 Å². The lowest BCUT2D eigenvalue weighted by Gasteiger charge is -2.65. The van der Waals surface area contributed by atoms with Crippen molar-refractivity contribution >= 4 is 46.8 Å². The Morgan fingerprint density at radius 2 is 1.53 bits per heavy atom. The summed E-state index contributed by atoms with van der Waals surface area (Å²) in [6.07, 6.45) is 6.52. The molecule has 10 rings (SSSR count). The Balaban J connectivity index is 0.697. The Hall–Kier alpha value is -5.76. The van der Waals surface area contributed by atoms with Crippen LogP contribution in [-0.2, 0) is 16.1 Å². The van der Waals surface area contributed by atoms with Gasteiger partial charge in [-0.1, -0.05) is 45.2 Å². The maximum atomic E-state index is 13.8. The number of benzene rings is 2. The number of hydrogen-bond donors (Lipinski definition) is 1. The third-order valence-electron chi connectivity index (χ3n) is 15.5. The Labute approximate surface area is 378 Å². The number of likely N-dealkylation sites (tertiary alicyclic amines) is 1. The molecule has 0 radical (unpaired) electrons. The molecule has 1 N–H and O–H groups in total. The van der Waals surface area contributed by atoms with Crippen LogP contribution in [0.3, 0.4) is 0 Å². The van der Waals surface area contributed by atoms with E-state index in [4.69, 9.17) is 21.3 Å². The number of carbonyl (C=O) groups is 5. The first kappa shape index (κ1) is 42.2. The van der Waals surface area contributed by atoms with E-state index in [1.165, 1.54) is 0 Å². The highest BCUT2D eigenvalue weighted by Crippen LogP contribution is 2.59. The van der Waals surface area contributed by atoms with Crippen molar-refractivity contribution in [1.29, 1.82) is 5.26 Å². The number of piperidine rings is 2. The topological polar surface area (TPSA) is 156 Å². The predicted molar refractivity (Wildman–Crippen MR) is 237 cm³/mol. The van der Waals surface area contributed by atoms with Gasteiger partial charge in [-0.2, -0.15) is 5.26 Å². The highest BCUT2D eigenvalue weighted by molar-refractivity contribution is 6.31. The number of ether oxygens (including phenoxy) is 1. The van der Waals surface area contributed by atoms with Crippen LogP contribution in [0, 0.1) is 45.3 Å². The van der Waals surface area contributed by atoms with Crippen LogP contribution in [0.4, 0.5) is 5.69 Å². The number of aromatic nitrogens is 1. The number of pyridine rings is 1. The van der Waals surface area contributed by atoms with Gasteiger partial charge in [-0.25, -0.2) is 4.98 Å². The molecule has 13 nitrogen and oxygen atoms in total. The van der Waals surface area contributed by atoms with Gasteiger partial charge in [0.05, 0.1) is 39.5 Å². The molecule has 330 valence electrons. The van der Waals surface area contributed by atoms with Gasteiger partial charge in [0.25, 0.3) is 17.7 Å². The summed E-state index contributed by atoms with van der Waals surface area (Å²) in [5.41, 5.74) is 3.63. The van der Waals surface area contributed by atoms with E-state index in [9.17, 15) is 29.2 Å². The van der Waals surface area contributed by atoms with Crippen LogP contribution in [0.25, 0.3) is 0 Å². The van der Waals surface area contributed by atoms with Crippen molar-refractivity contribution < 1.29 is 28.7 Å². The molecule has 3 aromatic rings. The highest BCUT2D eigenvalue weighted by Gasteiger charge is 2.67. The second-order valence-electron chi connectivity index (χ2n) is 20.3. The molecule has 2 aliphatic carbocycles. The van der Waals surface area contributed by atoms with E-state index >= 15 is 0 Å². The van der Waals surface area contributed by atoms with Gasteiger partial charge in [-0.05, 0) is 98.7 Å². The quantitative estimate of drug-likeness (QED) is 0.219. The molecule has 64 heavy (non-hydrogen) atoms. The molecular formula is C50H52ClN7O6. The van der Waals surface area contributed by atoms with Crippen molar-refractivity contribution in [2.24, 2.45) is 22.2 Å². The van der Waals surface area contributed by atoms with Gasteiger partial charge in [0, 0.05) is 73.2 Å². The molecule has 2 aromatic carbocycles. The van der Waals surface area contributed by atoms with Gasteiger partial charge in [0.15, 0.2) is 0 Å². The summed E-state index contributed by atoms with van der Waals surface area (Å²) in [7, 11) is 0. The van der Waals surface area contributed by atoms with Gasteiger partial charge in [-0.3, -0.25) is 39.1 Å². The lowest BCUT2D eigenvalue weighted by Crippen LogP contribution is -2.74. The van der Waals surface area contributed by atoms with E-state index in [2.05, 4.69) is 60.7 Å². The molecule has 1 aromatic heterocycles. The third kappa shape index (κ3) is 6.94. The normalized spacial score (nSPS) is 27.8. The molecule has 6 heterocycles. The van der Waals surface area contributed by atoms with E-state index in [-0.39, 0.29) is 47.6 Å². The van der Waals surface area contributed by atoms with Crippen LogP contribution < -0.4 is 15.0 Å². The van der Waals surface area contributed by atoms with Gasteiger partial charge < -0.3 is 14.5 Å². The SMILES string of the molecule is CC1(C)C(Oc2ccc(C#N)c(Cl)c2)C(C)(C)C1N1Cc2nc(C#CC3CCC(N4CC5(CCN(c6ccc7c(c6)C(=O)N(C6CCC(=O)NC6=O)C7=O)CC5)C4)CC3)ccc2C1=O. The van der Waals surface area contributed by atoms with Gasteiger partial charge >= 0.3 is 0 Å². The van der Waals surface area contributed by atoms with Crippen LogP contribution in [0.1, 0.15) is 127 Å². The van der Waals surface area contributed by atoms with Gasteiger partial charge in [0.2, 0.25) is 11.8 Å². The Morgan fingerprint density at radius 1 is 0.828 bits per heavy atom. The molecule has 1 atom stereocenters. The number of rotatable bonds is 6. The van der Waals surface area contributed by atoms with E-state index in [0.29, 0.717) is 62.6 Å². The van der Waals surface area contributed by atoms with E-state index < -0.39 is 23.8 Å². The van der Waals surface area contributed by atoms with Crippen molar-refractivity contribution in [3.8, 4) is 23.7 Å². The number of nitrogens with zero attached hydrogens (tertiary/aromatic N) is 6. The number of fused-ring (bicyclic) bond motifs is 2. The maximum Gasteiger partial charge on any atom is 0.262 e. The first-order valence-electron chi connectivity index (χ1n) is 22.6. The molecule has 14 heteroatoms. The van der Waals surface area contributed by atoms with Crippen LogP contribution in [-0.4, -0.2) is 99.6 Å². The number of hydrogen-bond acceptors (Lipinski definition) is 10. The van der Waals surface area contributed by atoms with Crippen LogP contribution in [0.5, 0.6) is 5.75 Å². The first-order valence-corrected chi connectivity index (χ1v) is 23.0. The average Bonchev–Trinajstić information content (AvgIpc) is 3.70. The average molecular weight is 882 g/mol. The number of anilines is 1. The minimum Gasteiger partial charge on any atom is -0.489 e. The van der Waals surface area contributed by atoms with Crippen molar-refractivity contribution in [1.82, 2.24) is 25.0 Å². The fourth-order valence-corrected chi connectivity index (χ4v) is 12.8. The molecule has 5 aliphatic heterocycles. The lowest BCUT2D eigenvalue weighted by atomic mass is 9.49. The standard InChI is InChI=1S/C50H52ClN7O6/c1-48(2)46(49(3,4)47(48)64-34-14-8-30(25-52)38(51)24-34)57-26-39-36(43(57)61)15-10-31(53-39)9-5-29-6-11-32(12-7-29)56-27-50(28-56)19-21-55(22-20-50)33-13-16-35-37(23-33)45(63)58(44(35)62)40-17-18-41(59)54-42(40)60/h8,10,13-16,23-24,29,32,40,46-47H,6-7,11-12,17-22,26-28H2,1-4H3,(H,54,59,60). The summed E-state index contributed by atoms with van der Waals surface area (Å²) >= 11 is 6.30. The fraction of sp³-hybridized carbons (Fsp3) is 0.500. The molecule has 1 spiro atoms. The summed E-state index contributed by atoms with van der Waals surface area (Å²) in [4.78, 5) is 77.4. The second-order valence-corrected chi connectivity index (χ2v) is 20.7. The molecular weight excluding hydrogens is 830 g/mol. The van der Waals surface area contributed by atoms with Crippen LogP contribution >= 0.6 is 11.6 Å². The molecule has 7 aliphatic rings. The molecule has 5 amide bonds.